The van der Waals surface area contributed by atoms with Crippen LogP contribution in [0, 0.1) is 0 Å². The fourth-order valence-corrected chi connectivity index (χ4v) is 4.45. The Balaban J connectivity index is 1.19. The molecule has 1 aromatic heterocycles. The van der Waals surface area contributed by atoms with E-state index >= 15 is 0 Å². The fourth-order valence-electron chi connectivity index (χ4n) is 4.23. The van der Waals surface area contributed by atoms with Crippen LogP contribution < -0.4 is 20.7 Å². The summed E-state index contributed by atoms with van der Waals surface area (Å²) in [6.07, 6.45) is -3.99. The molecule has 0 radical (unpaired) electrons. The van der Waals surface area contributed by atoms with Crippen LogP contribution in [0.3, 0.4) is 0 Å². The first kappa shape index (κ1) is 45.7. The molecule has 3 rings (SSSR count). The number of carbonyl (C=O) groups excluding carboxylic acids is 3. The van der Waals surface area contributed by atoms with Crippen molar-refractivity contribution in [2.45, 2.75) is 32.5 Å². The molecule has 0 fully saturated rings. The van der Waals surface area contributed by atoms with Gasteiger partial charge >= 0.3 is 18.4 Å². The minimum atomic E-state index is -4.67. The predicted molar refractivity (Wildman–Crippen MR) is 198 cm³/mol. The highest BCUT2D eigenvalue weighted by Gasteiger charge is 2.33. The van der Waals surface area contributed by atoms with Crippen molar-refractivity contribution in [3.8, 4) is 11.5 Å². The van der Waals surface area contributed by atoms with E-state index in [4.69, 9.17) is 49.5 Å². The average molecular weight is 815 g/mol. The van der Waals surface area contributed by atoms with Gasteiger partial charge in [0.1, 0.15) is 29.4 Å². The second kappa shape index (κ2) is 24.0. The summed E-state index contributed by atoms with van der Waals surface area (Å²) >= 11 is 5.62. The highest BCUT2D eigenvalue weighted by atomic mass is 35.5. The van der Waals surface area contributed by atoms with E-state index in [2.05, 4.69) is 20.9 Å². The zero-order chi connectivity index (χ0) is 40.8. The van der Waals surface area contributed by atoms with Crippen LogP contribution in [0.5, 0.6) is 11.5 Å². The molecule has 19 heteroatoms. The number of anilines is 2. The molecule has 0 spiro atoms. The SMILES string of the molecule is CC(C)(C)OC(=O)OCCOCCOCCOCCOCCOCCNC(=O)c1cc(Oc2ccc(NC(=O)Nc3ccc(Cl)c(C(F)(F)F)c3)cc2)ccn1. The minimum Gasteiger partial charge on any atom is -0.457 e. The Kier molecular flexibility index (Phi) is 19.6. The molecule has 3 N–H and O–H groups in total. The summed E-state index contributed by atoms with van der Waals surface area (Å²) in [7, 11) is 0. The van der Waals surface area contributed by atoms with Crippen molar-refractivity contribution < 1.29 is 65.4 Å². The Morgan fingerprint density at radius 2 is 1.21 bits per heavy atom. The van der Waals surface area contributed by atoms with Crippen LogP contribution in [0.2, 0.25) is 5.02 Å². The molecule has 0 aliphatic heterocycles. The predicted octanol–water partition coefficient (Wildman–Crippen LogP) is 6.95. The normalized spacial score (nSPS) is 11.5. The summed E-state index contributed by atoms with van der Waals surface area (Å²) in [5, 5.41) is 7.09. The smallest absolute Gasteiger partial charge is 0.457 e. The third-order valence-corrected chi connectivity index (χ3v) is 7.03. The van der Waals surface area contributed by atoms with Crippen LogP contribution in [0.1, 0.15) is 36.8 Å². The van der Waals surface area contributed by atoms with Gasteiger partial charge < -0.3 is 53.8 Å². The van der Waals surface area contributed by atoms with Crippen molar-refractivity contribution in [3.63, 3.8) is 0 Å². The lowest BCUT2D eigenvalue weighted by molar-refractivity contribution is -0.137. The number of alkyl halides is 3. The lowest BCUT2D eigenvalue weighted by Crippen LogP contribution is -2.28. The number of hydrogen-bond donors (Lipinski definition) is 3. The number of urea groups is 1. The number of carbonyl (C=O) groups is 3. The molecule has 308 valence electrons. The van der Waals surface area contributed by atoms with E-state index in [1.165, 1.54) is 30.5 Å². The molecule has 0 atom stereocenters. The molecule has 0 saturated carbocycles. The quantitative estimate of drug-likeness (QED) is 0.0665. The number of amides is 3. The summed E-state index contributed by atoms with van der Waals surface area (Å²) in [4.78, 5) is 40.4. The van der Waals surface area contributed by atoms with Crippen LogP contribution in [0.25, 0.3) is 0 Å². The van der Waals surface area contributed by atoms with Gasteiger partial charge in [0.25, 0.3) is 5.91 Å². The summed E-state index contributed by atoms with van der Waals surface area (Å²) in [5.74, 6) is 0.293. The number of nitrogens with one attached hydrogen (secondary N) is 3. The fraction of sp³-hybridized carbons (Fsp3) is 0.459. The first-order valence-electron chi connectivity index (χ1n) is 17.4. The van der Waals surface area contributed by atoms with Crippen molar-refractivity contribution >= 4 is 41.1 Å². The summed E-state index contributed by atoms with van der Waals surface area (Å²) in [5.41, 5.74) is -1.29. The molecular weight excluding hydrogens is 769 g/mol. The van der Waals surface area contributed by atoms with Crippen molar-refractivity contribution in [2.24, 2.45) is 0 Å². The monoisotopic (exact) mass is 814 g/mol. The van der Waals surface area contributed by atoms with Gasteiger partial charge in [-0.2, -0.15) is 13.2 Å². The molecule has 0 unspecified atom stereocenters. The Labute approximate surface area is 327 Å². The van der Waals surface area contributed by atoms with Gasteiger partial charge in [0.2, 0.25) is 0 Å². The molecule has 0 aliphatic carbocycles. The molecule has 0 aliphatic rings. The zero-order valence-corrected chi connectivity index (χ0v) is 32.0. The highest BCUT2D eigenvalue weighted by Crippen LogP contribution is 2.36. The van der Waals surface area contributed by atoms with Crippen molar-refractivity contribution in [3.05, 3.63) is 77.1 Å². The van der Waals surface area contributed by atoms with Crippen LogP contribution >= 0.6 is 11.6 Å². The highest BCUT2D eigenvalue weighted by molar-refractivity contribution is 6.31. The first-order valence-corrected chi connectivity index (χ1v) is 17.8. The average Bonchev–Trinajstić information content (AvgIpc) is 3.13. The number of nitrogens with zero attached hydrogens (tertiary/aromatic N) is 1. The van der Waals surface area contributed by atoms with Gasteiger partial charge in [0, 0.05) is 30.2 Å². The molecular formula is C37H46ClF3N4O11. The van der Waals surface area contributed by atoms with Crippen LogP contribution in [0.15, 0.2) is 60.8 Å². The van der Waals surface area contributed by atoms with Crippen molar-refractivity contribution in [2.75, 3.05) is 89.9 Å². The number of rotatable bonds is 23. The first-order chi connectivity index (χ1) is 26.7. The van der Waals surface area contributed by atoms with E-state index in [1.807, 2.05) is 0 Å². The second-order valence-corrected chi connectivity index (χ2v) is 12.8. The van der Waals surface area contributed by atoms with Gasteiger partial charge in [0.15, 0.2) is 0 Å². The van der Waals surface area contributed by atoms with E-state index in [-0.39, 0.29) is 37.7 Å². The topological polar surface area (TPSA) is 174 Å². The van der Waals surface area contributed by atoms with E-state index in [0.29, 0.717) is 70.0 Å². The van der Waals surface area contributed by atoms with Crippen molar-refractivity contribution in [1.29, 1.82) is 0 Å². The van der Waals surface area contributed by atoms with Gasteiger partial charge in [-0.3, -0.25) is 9.78 Å². The Hall–Kier alpha value is -4.72. The van der Waals surface area contributed by atoms with E-state index in [0.717, 1.165) is 12.1 Å². The summed E-state index contributed by atoms with van der Waals surface area (Å²) in [6, 6.07) is 11.5. The molecule has 3 amide bonds. The summed E-state index contributed by atoms with van der Waals surface area (Å²) in [6.45, 7) is 9.06. The zero-order valence-electron chi connectivity index (χ0n) is 31.2. The minimum absolute atomic E-state index is 0.0877. The molecule has 1 heterocycles. The van der Waals surface area contributed by atoms with E-state index in [9.17, 15) is 27.6 Å². The third kappa shape index (κ3) is 19.2. The summed E-state index contributed by atoms with van der Waals surface area (Å²) < 4.78 is 82.1. The molecule has 15 nitrogen and oxygen atoms in total. The van der Waals surface area contributed by atoms with Crippen LogP contribution in [-0.4, -0.2) is 108 Å². The standard InChI is InChI=1S/C37H46ClF3N4O11/c1-36(2,3)56-35(48)54-23-22-53-21-20-52-19-18-51-17-16-50-15-14-49-13-12-43-33(46)32-25-29(10-11-42-32)55-28-7-4-26(5-8-28)44-34(47)45-27-6-9-31(38)30(24-27)37(39,40)41/h4-11,24-25H,12-23H2,1-3H3,(H,43,46)(H2,44,45,47). The number of halogens is 4. The molecule has 3 aromatic rings. The number of pyridine rings is 1. The maximum absolute atomic E-state index is 13.1. The Bertz CT molecular complexity index is 1660. The Morgan fingerprint density at radius 3 is 1.79 bits per heavy atom. The van der Waals surface area contributed by atoms with Gasteiger partial charge in [-0.05, 0) is 69.3 Å². The number of ether oxygens (including phenoxy) is 8. The molecule has 0 bridgehead atoms. The lowest BCUT2D eigenvalue weighted by Gasteiger charge is -2.18. The maximum Gasteiger partial charge on any atom is 0.508 e. The molecule has 56 heavy (non-hydrogen) atoms. The van der Waals surface area contributed by atoms with E-state index in [1.54, 1.807) is 39.0 Å². The second-order valence-electron chi connectivity index (χ2n) is 12.4. The lowest BCUT2D eigenvalue weighted by atomic mass is 10.2. The van der Waals surface area contributed by atoms with Crippen LogP contribution in [0.4, 0.5) is 34.1 Å². The number of aromatic nitrogens is 1. The van der Waals surface area contributed by atoms with Gasteiger partial charge in [-0.25, -0.2) is 9.59 Å². The third-order valence-electron chi connectivity index (χ3n) is 6.70. The Morgan fingerprint density at radius 1 is 0.679 bits per heavy atom. The number of benzene rings is 2. The molecule has 2 aromatic carbocycles. The van der Waals surface area contributed by atoms with E-state index < -0.39 is 40.5 Å². The van der Waals surface area contributed by atoms with Crippen LogP contribution in [-0.2, 0) is 39.3 Å². The largest absolute Gasteiger partial charge is 0.508 e. The van der Waals surface area contributed by atoms with Gasteiger partial charge in [0.05, 0.1) is 76.7 Å². The maximum atomic E-state index is 13.1. The molecule has 0 saturated heterocycles. The number of hydrogen-bond acceptors (Lipinski definition) is 12. The van der Waals surface area contributed by atoms with Gasteiger partial charge in [-0.15, -0.1) is 0 Å². The van der Waals surface area contributed by atoms with Gasteiger partial charge in [-0.1, -0.05) is 11.6 Å². The van der Waals surface area contributed by atoms with Crippen molar-refractivity contribution in [1.82, 2.24) is 10.3 Å².